The molecule has 3 nitrogen and oxygen atoms in total. The maximum absolute atomic E-state index is 12.7. The summed E-state index contributed by atoms with van der Waals surface area (Å²) in [5.74, 6) is -0.257. The molecule has 2 aromatic rings. The number of carbonyl (C=O) groups excluding carboxylic acids is 1. The lowest BCUT2D eigenvalue weighted by atomic mass is 9.98. The van der Waals surface area contributed by atoms with Crippen LogP contribution >= 0.6 is 0 Å². The van der Waals surface area contributed by atoms with E-state index in [1.807, 2.05) is 6.92 Å². The van der Waals surface area contributed by atoms with Crippen LogP contribution in [-0.4, -0.2) is 25.7 Å². The van der Waals surface area contributed by atoms with E-state index in [1.165, 1.54) is 12.1 Å². The van der Waals surface area contributed by atoms with Crippen LogP contribution in [0.25, 0.3) is 11.1 Å². The smallest absolute Gasteiger partial charge is 0.382 e. The minimum absolute atomic E-state index is 0.257. The number of benzene rings is 2. The highest BCUT2D eigenvalue weighted by Gasteiger charge is 2.30. The molecule has 0 spiro atoms. The minimum Gasteiger partial charge on any atom is -0.382 e. The molecule has 0 saturated carbocycles. The van der Waals surface area contributed by atoms with Crippen LogP contribution in [0.2, 0.25) is 0 Å². The second-order valence-electron chi connectivity index (χ2n) is 5.43. The van der Waals surface area contributed by atoms with E-state index in [1.54, 1.807) is 24.3 Å². The minimum atomic E-state index is -4.38. The van der Waals surface area contributed by atoms with Gasteiger partial charge in [0.25, 0.3) is 5.91 Å². The summed E-state index contributed by atoms with van der Waals surface area (Å²) < 4.78 is 43.3. The van der Waals surface area contributed by atoms with E-state index in [0.29, 0.717) is 42.9 Å². The standard InChI is InChI=1S/C19H20F3NO2/c1-2-25-13-5-12-23-18(24)17-7-4-3-6-16(17)14-8-10-15(11-9-14)19(20,21)22/h3-4,6-11H,2,5,12-13H2,1H3,(H,23,24). The Morgan fingerprint density at radius 1 is 1.08 bits per heavy atom. The molecule has 0 aliphatic carbocycles. The van der Waals surface area contributed by atoms with Crippen molar-refractivity contribution in [3.8, 4) is 11.1 Å². The van der Waals surface area contributed by atoms with Crippen molar-refractivity contribution in [2.75, 3.05) is 19.8 Å². The van der Waals surface area contributed by atoms with Gasteiger partial charge < -0.3 is 10.1 Å². The first-order chi connectivity index (χ1) is 11.9. The van der Waals surface area contributed by atoms with E-state index in [-0.39, 0.29) is 5.91 Å². The van der Waals surface area contributed by atoms with Crippen molar-refractivity contribution >= 4 is 5.91 Å². The van der Waals surface area contributed by atoms with Gasteiger partial charge in [-0.15, -0.1) is 0 Å². The van der Waals surface area contributed by atoms with E-state index >= 15 is 0 Å². The third-order valence-corrected chi connectivity index (χ3v) is 3.65. The van der Waals surface area contributed by atoms with Crippen LogP contribution in [0, 0.1) is 0 Å². The molecule has 2 aromatic carbocycles. The first-order valence-electron chi connectivity index (χ1n) is 8.06. The van der Waals surface area contributed by atoms with Gasteiger partial charge in [-0.25, -0.2) is 0 Å². The number of hydrogen-bond donors (Lipinski definition) is 1. The highest BCUT2D eigenvalue weighted by molar-refractivity contribution is 6.00. The zero-order valence-electron chi connectivity index (χ0n) is 13.9. The molecular weight excluding hydrogens is 331 g/mol. The molecule has 0 atom stereocenters. The molecular formula is C19H20F3NO2. The summed E-state index contributed by atoms with van der Waals surface area (Å²) in [6.45, 7) is 3.57. The second-order valence-corrected chi connectivity index (χ2v) is 5.43. The van der Waals surface area contributed by atoms with Gasteiger partial charge in [0.05, 0.1) is 5.56 Å². The second kappa shape index (κ2) is 8.67. The molecule has 0 aliphatic heterocycles. The van der Waals surface area contributed by atoms with Crippen molar-refractivity contribution in [2.45, 2.75) is 19.5 Å². The number of rotatable bonds is 7. The number of nitrogens with one attached hydrogen (secondary N) is 1. The van der Waals surface area contributed by atoms with Crippen LogP contribution in [-0.2, 0) is 10.9 Å². The summed E-state index contributed by atoms with van der Waals surface area (Å²) in [6.07, 6.45) is -3.68. The molecule has 1 N–H and O–H groups in total. The zero-order chi connectivity index (χ0) is 18.3. The van der Waals surface area contributed by atoms with E-state index in [2.05, 4.69) is 5.32 Å². The summed E-state index contributed by atoms with van der Waals surface area (Å²) in [4.78, 5) is 12.4. The predicted molar refractivity (Wildman–Crippen MR) is 90.3 cm³/mol. The highest BCUT2D eigenvalue weighted by Crippen LogP contribution is 2.31. The summed E-state index contributed by atoms with van der Waals surface area (Å²) in [6, 6.07) is 11.6. The lowest BCUT2D eigenvalue weighted by molar-refractivity contribution is -0.137. The SMILES string of the molecule is CCOCCCNC(=O)c1ccccc1-c1ccc(C(F)(F)F)cc1. The molecule has 0 heterocycles. The van der Waals surface area contributed by atoms with Gasteiger partial charge in [-0.3, -0.25) is 4.79 Å². The van der Waals surface area contributed by atoms with Crippen LogP contribution < -0.4 is 5.32 Å². The number of halogens is 3. The summed E-state index contributed by atoms with van der Waals surface area (Å²) >= 11 is 0. The van der Waals surface area contributed by atoms with Gasteiger partial charge >= 0.3 is 6.18 Å². The van der Waals surface area contributed by atoms with Crippen molar-refractivity contribution in [1.82, 2.24) is 5.32 Å². The Bertz CT molecular complexity index is 697. The van der Waals surface area contributed by atoms with Gasteiger partial charge in [0.15, 0.2) is 0 Å². The fourth-order valence-electron chi connectivity index (χ4n) is 2.39. The first-order valence-corrected chi connectivity index (χ1v) is 8.06. The maximum atomic E-state index is 12.7. The third kappa shape index (κ3) is 5.32. The average molecular weight is 351 g/mol. The molecule has 25 heavy (non-hydrogen) atoms. The molecule has 134 valence electrons. The van der Waals surface area contributed by atoms with E-state index < -0.39 is 11.7 Å². The van der Waals surface area contributed by atoms with Crippen LogP contribution in [0.1, 0.15) is 29.3 Å². The van der Waals surface area contributed by atoms with Gasteiger partial charge in [-0.05, 0) is 42.7 Å². The predicted octanol–water partition coefficient (Wildman–Crippen LogP) is 4.53. The van der Waals surface area contributed by atoms with Crippen molar-refractivity contribution in [2.24, 2.45) is 0 Å². The summed E-state index contributed by atoms with van der Waals surface area (Å²) in [5.41, 5.74) is 0.874. The van der Waals surface area contributed by atoms with Crippen molar-refractivity contribution in [3.05, 3.63) is 59.7 Å². The average Bonchev–Trinajstić information content (AvgIpc) is 2.61. The van der Waals surface area contributed by atoms with Crippen LogP contribution in [0.3, 0.4) is 0 Å². The molecule has 1 amide bonds. The molecule has 0 radical (unpaired) electrons. The fourth-order valence-corrected chi connectivity index (χ4v) is 2.39. The van der Waals surface area contributed by atoms with E-state index in [4.69, 9.17) is 4.74 Å². The van der Waals surface area contributed by atoms with E-state index in [9.17, 15) is 18.0 Å². The Hall–Kier alpha value is -2.34. The summed E-state index contributed by atoms with van der Waals surface area (Å²) in [7, 11) is 0. The van der Waals surface area contributed by atoms with Crippen molar-refractivity contribution < 1.29 is 22.7 Å². The molecule has 6 heteroatoms. The largest absolute Gasteiger partial charge is 0.416 e. The summed E-state index contributed by atoms with van der Waals surface area (Å²) in [5, 5.41) is 2.80. The van der Waals surface area contributed by atoms with Crippen LogP contribution in [0.5, 0.6) is 0 Å². The molecule has 0 unspecified atom stereocenters. The Morgan fingerprint density at radius 3 is 2.40 bits per heavy atom. The monoisotopic (exact) mass is 351 g/mol. The highest BCUT2D eigenvalue weighted by atomic mass is 19.4. The Morgan fingerprint density at radius 2 is 1.76 bits per heavy atom. The van der Waals surface area contributed by atoms with Gasteiger partial charge in [0, 0.05) is 25.3 Å². The maximum Gasteiger partial charge on any atom is 0.416 e. The number of amides is 1. The molecule has 0 fully saturated rings. The Kier molecular flexibility index (Phi) is 6.58. The van der Waals surface area contributed by atoms with Crippen molar-refractivity contribution in [1.29, 1.82) is 0 Å². The van der Waals surface area contributed by atoms with E-state index in [0.717, 1.165) is 12.1 Å². The lowest BCUT2D eigenvalue weighted by Gasteiger charge is -2.12. The normalized spacial score (nSPS) is 11.4. The lowest BCUT2D eigenvalue weighted by Crippen LogP contribution is -2.25. The Labute approximate surface area is 144 Å². The molecule has 0 aliphatic rings. The van der Waals surface area contributed by atoms with Gasteiger partial charge in [-0.1, -0.05) is 30.3 Å². The molecule has 2 rings (SSSR count). The van der Waals surface area contributed by atoms with Gasteiger partial charge in [0.1, 0.15) is 0 Å². The molecule has 0 aromatic heterocycles. The quantitative estimate of drug-likeness (QED) is 0.745. The number of ether oxygens (including phenoxy) is 1. The van der Waals surface area contributed by atoms with Crippen molar-refractivity contribution in [3.63, 3.8) is 0 Å². The number of alkyl halides is 3. The fraction of sp³-hybridized carbons (Fsp3) is 0.316. The topological polar surface area (TPSA) is 38.3 Å². The van der Waals surface area contributed by atoms with Gasteiger partial charge in [-0.2, -0.15) is 13.2 Å². The molecule has 0 saturated heterocycles. The first kappa shape index (κ1) is 19.0. The number of carbonyl (C=O) groups is 1. The third-order valence-electron chi connectivity index (χ3n) is 3.65. The molecule has 0 bridgehead atoms. The van der Waals surface area contributed by atoms with Gasteiger partial charge in [0.2, 0.25) is 0 Å². The Balaban J connectivity index is 2.13. The zero-order valence-corrected chi connectivity index (χ0v) is 13.9. The number of hydrogen-bond acceptors (Lipinski definition) is 2. The van der Waals surface area contributed by atoms with Crippen LogP contribution in [0.15, 0.2) is 48.5 Å². The van der Waals surface area contributed by atoms with Crippen LogP contribution in [0.4, 0.5) is 13.2 Å².